The summed E-state index contributed by atoms with van der Waals surface area (Å²) in [4.78, 5) is 5.01. The number of hydrogen-bond donors (Lipinski definition) is 1. The summed E-state index contributed by atoms with van der Waals surface area (Å²) in [6, 6.07) is 14.6. The predicted octanol–water partition coefficient (Wildman–Crippen LogP) is 1.74. The zero-order valence-corrected chi connectivity index (χ0v) is 17.2. The van der Waals surface area contributed by atoms with Crippen molar-refractivity contribution in [3.8, 4) is 5.75 Å². The lowest BCUT2D eigenvalue weighted by molar-refractivity contribution is 0.0730. The minimum Gasteiger partial charge on any atom is -0.508 e. The van der Waals surface area contributed by atoms with Gasteiger partial charge in [0.2, 0.25) is 10.0 Å². The molecule has 2 saturated heterocycles. The Morgan fingerprint density at radius 2 is 1.59 bits per heavy atom. The molecule has 2 fully saturated rings. The van der Waals surface area contributed by atoms with Gasteiger partial charge in [0.05, 0.1) is 18.1 Å². The molecule has 29 heavy (non-hydrogen) atoms. The van der Waals surface area contributed by atoms with Crippen LogP contribution in [0.1, 0.15) is 5.56 Å². The van der Waals surface area contributed by atoms with Crippen LogP contribution in [-0.4, -0.2) is 75.2 Å². The van der Waals surface area contributed by atoms with Crippen LogP contribution in [0.15, 0.2) is 53.4 Å². The fraction of sp³-hybridized carbons (Fsp3) is 0.429. The highest BCUT2D eigenvalue weighted by molar-refractivity contribution is 7.89. The maximum Gasteiger partial charge on any atom is 0.243 e. The Labute approximate surface area is 172 Å². The van der Waals surface area contributed by atoms with Crippen LogP contribution in [0, 0.1) is 0 Å². The Morgan fingerprint density at radius 1 is 0.897 bits per heavy atom. The molecule has 0 aromatic heterocycles. The number of aromatic hydroxyl groups is 1. The van der Waals surface area contributed by atoms with Gasteiger partial charge in [-0.3, -0.25) is 4.90 Å². The van der Waals surface area contributed by atoms with Crippen molar-refractivity contribution in [1.29, 1.82) is 0 Å². The number of phenolic OH excluding ortho intramolecular Hbond substituents is 1. The van der Waals surface area contributed by atoms with Gasteiger partial charge in [-0.2, -0.15) is 4.31 Å². The maximum atomic E-state index is 12.9. The van der Waals surface area contributed by atoms with E-state index in [1.165, 1.54) is 4.31 Å². The summed E-state index contributed by atoms with van der Waals surface area (Å²) in [5.74, 6) is 0.277. The first-order chi connectivity index (χ1) is 14.0. The first-order valence-corrected chi connectivity index (χ1v) is 11.4. The van der Waals surface area contributed by atoms with Gasteiger partial charge in [0, 0.05) is 51.5 Å². The third-order valence-corrected chi connectivity index (χ3v) is 7.39. The summed E-state index contributed by atoms with van der Waals surface area (Å²) in [7, 11) is -3.47. The molecule has 2 aromatic rings. The molecule has 0 unspecified atom stereocenters. The second kappa shape index (κ2) is 8.71. The summed E-state index contributed by atoms with van der Waals surface area (Å²) >= 11 is 0. The number of anilines is 1. The maximum absolute atomic E-state index is 12.9. The highest BCUT2D eigenvalue weighted by Gasteiger charge is 2.26. The van der Waals surface area contributed by atoms with E-state index < -0.39 is 10.0 Å². The molecule has 0 radical (unpaired) electrons. The van der Waals surface area contributed by atoms with Gasteiger partial charge >= 0.3 is 0 Å². The lowest BCUT2D eigenvalue weighted by atomic mass is 10.2. The zero-order valence-electron chi connectivity index (χ0n) is 16.4. The van der Waals surface area contributed by atoms with Crippen molar-refractivity contribution in [3.05, 3.63) is 54.1 Å². The average Bonchev–Trinajstić information content (AvgIpc) is 2.76. The average molecular weight is 418 g/mol. The van der Waals surface area contributed by atoms with Crippen LogP contribution in [0.4, 0.5) is 5.69 Å². The molecule has 0 atom stereocenters. The van der Waals surface area contributed by atoms with Crippen LogP contribution in [0.25, 0.3) is 0 Å². The molecule has 2 aromatic carbocycles. The largest absolute Gasteiger partial charge is 0.508 e. The van der Waals surface area contributed by atoms with E-state index in [1.807, 2.05) is 24.3 Å². The molecule has 0 aliphatic carbocycles. The Bertz CT molecular complexity index is 919. The Balaban J connectivity index is 1.38. The fourth-order valence-electron chi connectivity index (χ4n) is 3.83. The number of piperazine rings is 1. The van der Waals surface area contributed by atoms with E-state index in [4.69, 9.17) is 4.74 Å². The molecule has 7 nitrogen and oxygen atoms in total. The number of hydrogen-bond acceptors (Lipinski definition) is 6. The fourth-order valence-corrected chi connectivity index (χ4v) is 5.30. The van der Waals surface area contributed by atoms with E-state index in [-0.39, 0.29) is 5.75 Å². The van der Waals surface area contributed by atoms with E-state index >= 15 is 0 Å². The summed E-state index contributed by atoms with van der Waals surface area (Å²) in [5, 5.41) is 9.45. The monoisotopic (exact) mass is 417 g/mol. The van der Waals surface area contributed by atoms with Crippen LogP contribution in [0.2, 0.25) is 0 Å². The van der Waals surface area contributed by atoms with E-state index in [1.54, 1.807) is 24.3 Å². The lowest BCUT2D eigenvalue weighted by Gasteiger charge is -2.36. The standard InChI is InChI=1S/C21H27N3O4S/c25-20-6-4-19(5-7-20)23-10-8-22(9-11-23)17-18-2-1-3-21(16-18)29(26,27)24-12-14-28-15-13-24/h1-7,16,25H,8-15,17H2. The molecular weight excluding hydrogens is 390 g/mol. The third-order valence-electron chi connectivity index (χ3n) is 5.50. The zero-order chi connectivity index (χ0) is 20.3. The van der Waals surface area contributed by atoms with E-state index in [0.29, 0.717) is 31.2 Å². The van der Waals surface area contributed by atoms with Crippen molar-refractivity contribution in [3.63, 3.8) is 0 Å². The van der Waals surface area contributed by atoms with Crippen LogP contribution in [0.5, 0.6) is 5.75 Å². The first-order valence-electron chi connectivity index (χ1n) is 9.95. The molecule has 0 saturated carbocycles. The molecular formula is C21H27N3O4S. The van der Waals surface area contributed by atoms with Gasteiger partial charge in [-0.15, -0.1) is 0 Å². The second-order valence-corrected chi connectivity index (χ2v) is 9.38. The van der Waals surface area contributed by atoms with Crippen molar-refractivity contribution in [2.75, 3.05) is 57.4 Å². The van der Waals surface area contributed by atoms with Crippen molar-refractivity contribution >= 4 is 15.7 Å². The molecule has 0 amide bonds. The SMILES string of the molecule is O=S(=O)(c1cccc(CN2CCN(c3ccc(O)cc3)CC2)c1)N1CCOCC1. The number of phenols is 1. The van der Waals surface area contributed by atoms with Crippen LogP contribution in [-0.2, 0) is 21.3 Å². The number of rotatable bonds is 5. The summed E-state index contributed by atoms with van der Waals surface area (Å²) in [6.45, 7) is 6.05. The molecule has 0 bridgehead atoms. The number of ether oxygens (including phenoxy) is 1. The second-order valence-electron chi connectivity index (χ2n) is 7.44. The molecule has 2 aliphatic rings. The Morgan fingerprint density at radius 3 is 2.28 bits per heavy atom. The molecule has 1 N–H and O–H groups in total. The van der Waals surface area contributed by atoms with E-state index in [2.05, 4.69) is 9.80 Å². The third kappa shape index (κ3) is 4.72. The van der Waals surface area contributed by atoms with Crippen molar-refractivity contribution < 1.29 is 18.3 Å². The molecule has 8 heteroatoms. The number of nitrogens with zero attached hydrogens (tertiary/aromatic N) is 3. The topological polar surface area (TPSA) is 73.3 Å². The normalized spacial score (nSPS) is 19.4. The van der Waals surface area contributed by atoms with Gasteiger partial charge < -0.3 is 14.7 Å². The van der Waals surface area contributed by atoms with Crippen molar-refractivity contribution in [2.45, 2.75) is 11.4 Å². The number of morpholine rings is 1. The molecule has 2 heterocycles. The quantitative estimate of drug-likeness (QED) is 0.799. The molecule has 156 valence electrons. The van der Waals surface area contributed by atoms with E-state index in [0.717, 1.165) is 44.0 Å². The van der Waals surface area contributed by atoms with Crippen LogP contribution >= 0.6 is 0 Å². The summed E-state index contributed by atoms with van der Waals surface area (Å²) in [5.41, 5.74) is 2.12. The van der Waals surface area contributed by atoms with Crippen molar-refractivity contribution in [2.24, 2.45) is 0 Å². The summed E-state index contributed by atoms with van der Waals surface area (Å²) < 4.78 is 32.6. The lowest BCUT2D eigenvalue weighted by Crippen LogP contribution is -2.46. The smallest absolute Gasteiger partial charge is 0.243 e. The van der Waals surface area contributed by atoms with Crippen LogP contribution in [0.3, 0.4) is 0 Å². The summed E-state index contributed by atoms with van der Waals surface area (Å²) in [6.07, 6.45) is 0. The minimum absolute atomic E-state index is 0.277. The number of benzene rings is 2. The van der Waals surface area contributed by atoms with Gasteiger partial charge in [-0.05, 0) is 42.0 Å². The van der Waals surface area contributed by atoms with Gasteiger partial charge in [0.1, 0.15) is 5.75 Å². The molecule has 2 aliphatic heterocycles. The van der Waals surface area contributed by atoms with Gasteiger partial charge in [-0.25, -0.2) is 8.42 Å². The number of sulfonamides is 1. The van der Waals surface area contributed by atoms with Crippen molar-refractivity contribution in [1.82, 2.24) is 9.21 Å². The molecule has 0 spiro atoms. The van der Waals surface area contributed by atoms with Gasteiger partial charge in [-0.1, -0.05) is 12.1 Å². The highest BCUT2D eigenvalue weighted by Crippen LogP contribution is 2.22. The van der Waals surface area contributed by atoms with Gasteiger partial charge in [0.25, 0.3) is 0 Å². The van der Waals surface area contributed by atoms with Crippen LogP contribution < -0.4 is 4.90 Å². The molecule has 4 rings (SSSR count). The van der Waals surface area contributed by atoms with Gasteiger partial charge in [0.15, 0.2) is 0 Å². The Kier molecular flexibility index (Phi) is 6.05. The minimum atomic E-state index is -3.47. The highest BCUT2D eigenvalue weighted by atomic mass is 32.2. The first kappa shape index (κ1) is 20.2. The predicted molar refractivity (Wildman–Crippen MR) is 112 cm³/mol. The van der Waals surface area contributed by atoms with E-state index in [9.17, 15) is 13.5 Å². The Hall–Kier alpha value is -2.13.